The highest BCUT2D eigenvalue weighted by Gasteiger charge is 2.54. The number of nitrogens with zero attached hydrogens (tertiary/aromatic N) is 1. The monoisotopic (exact) mass is 428 g/mol. The van der Waals surface area contributed by atoms with E-state index in [1.807, 2.05) is 0 Å². The van der Waals surface area contributed by atoms with Gasteiger partial charge < -0.3 is 15.5 Å². The molecule has 2 aliphatic rings. The number of hydrogen-bond acceptors (Lipinski definition) is 7. The summed E-state index contributed by atoms with van der Waals surface area (Å²) in [7, 11) is -4.81. The Kier molecular flexibility index (Phi) is 5.48. The second kappa shape index (κ2) is 7.54. The number of carbonyl (C=O) groups is 3. The standard InChI is InChI=1S/C16H16N2O8S2/c19-6-9-7-27-15-10(14(21)18(15)11(9)16(22)23)17-13(20)12(28(24,25)26)8-4-2-1-3-5-8/h1-5,10,12,15,19H,6-7H2,(H,17,20)(H,22,23)(H,24,25,26)/t10-,12?,15+/m1/s1. The molecule has 0 aliphatic carbocycles. The Morgan fingerprint density at radius 3 is 2.46 bits per heavy atom. The summed E-state index contributed by atoms with van der Waals surface area (Å²) in [6, 6.07) is 6.14. The topological polar surface area (TPSA) is 161 Å². The second-order valence-electron chi connectivity index (χ2n) is 6.12. The van der Waals surface area contributed by atoms with Gasteiger partial charge in [0.05, 0.1) is 6.61 Å². The van der Waals surface area contributed by atoms with E-state index in [1.54, 1.807) is 6.07 Å². The van der Waals surface area contributed by atoms with Crippen LogP contribution in [0.15, 0.2) is 41.6 Å². The average molecular weight is 428 g/mol. The largest absolute Gasteiger partial charge is 0.477 e. The molecular formula is C16H16N2O8S2. The van der Waals surface area contributed by atoms with Gasteiger partial charge in [-0.25, -0.2) is 4.79 Å². The second-order valence-corrected chi connectivity index (χ2v) is 8.72. The Morgan fingerprint density at radius 2 is 1.93 bits per heavy atom. The van der Waals surface area contributed by atoms with Gasteiger partial charge in [-0.2, -0.15) is 8.42 Å². The van der Waals surface area contributed by atoms with Crippen molar-refractivity contribution >= 4 is 39.7 Å². The molecule has 1 aromatic carbocycles. The van der Waals surface area contributed by atoms with Gasteiger partial charge in [0.15, 0.2) is 5.25 Å². The van der Waals surface area contributed by atoms with E-state index in [4.69, 9.17) is 0 Å². The number of carbonyl (C=O) groups excluding carboxylic acids is 2. The van der Waals surface area contributed by atoms with Crippen molar-refractivity contribution in [3.05, 3.63) is 47.2 Å². The molecule has 1 aromatic rings. The highest BCUT2D eigenvalue weighted by atomic mass is 32.2. The number of thioether (sulfide) groups is 1. The lowest BCUT2D eigenvalue weighted by molar-refractivity contribution is -0.150. The molecule has 2 heterocycles. The number of aliphatic carboxylic acids is 1. The van der Waals surface area contributed by atoms with Crippen LogP contribution < -0.4 is 5.32 Å². The van der Waals surface area contributed by atoms with Crippen LogP contribution in [-0.4, -0.2) is 69.6 Å². The van der Waals surface area contributed by atoms with Crippen LogP contribution in [0.3, 0.4) is 0 Å². The quantitative estimate of drug-likeness (QED) is 0.341. The predicted molar refractivity (Wildman–Crippen MR) is 97.5 cm³/mol. The first-order valence-corrected chi connectivity index (χ1v) is 10.5. The lowest BCUT2D eigenvalue weighted by atomic mass is 10.0. The maximum Gasteiger partial charge on any atom is 0.352 e. The van der Waals surface area contributed by atoms with Gasteiger partial charge in [0.2, 0.25) is 5.91 Å². The van der Waals surface area contributed by atoms with Crippen molar-refractivity contribution in [2.75, 3.05) is 12.4 Å². The molecule has 2 aliphatic heterocycles. The van der Waals surface area contributed by atoms with Crippen LogP contribution in [0.4, 0.5) is 0 Å². The predicted octanol–water partition coefficient (Wildman–Crippen LogP) is -0.654. The van der Waals surface area contributed by atoms with E-state index >= 15 is 0 Å². The first-order chi connectivity index (χ1) is 13.2. The van der Waals surface area contributed by atoms with E-state index in [0.29, 0.717) is 0 Å². The number of hydrogen-bond donors (Lipinski definition) is 4. The van der Waals surface area contributed by atoms with E-state index in [2.05, 4.69) is 5.32 Å². The number of carboxylic acids is 1. The average Bonchev–Trinajstić information content (AvgIpc) is 2.64. The molecule has 0 saturated carbocycles. The van der Waals surface area contributed by atoms with Crippen LogP contribution in [0.1, 0.15) is 10.8 Å². The van der Waals surface area contributed by atoms with E-state index in [1.165, 1.54) is 24.3 Å². The molecule has 0 spiro atoms. The summed E-state index contributed by atoms with van der Waals surface area (Å²) in [6.45, 7) is -0.527. The first kappa shape index (κ1) is 20.3. The molecule has 3 rings (SSSR count). The van der Waals surface area contributed by atoms with Crippen LogP contribution in [0.5, 0.6) is 0 Å². The number of nitrogens with one attached hydrogen (secondary N) is 1. The Labute approximate surface area is 164 Å². The molecule has 0 radical (unpaired) electrons. The molecule has 10 nitrogen and oxygen atoms in total. The van der Waals surface area contributed by atoms with Crippen LogP contribution in [0.2, 0.25) is 0 Å². The molecule has 0 bridgehead atoms. The van der Waals surface area contributed by atoms with Gasteiger partial charge in [0.25, 0.3) is 16.0 Å². The van der Waals surface area contributed by atoms with Gasteiger partial charge in [0, 0.05) is 5.75 Å². The molecule has 1 unspecified atom stereocenters. The number of aliphatic hydroxyl groups is 1. The zero-order valence-corrected chi connectivity index (χ0v) is 15.8. The SMILES string of the molecule is O=C(O)C1=C(CO)CS[C@H]2[C@H](NC(=O)C(c3ccccc3)S(=O)(=O)O)C(=O)N12. The van der Waals surface area contributed by atoms with Crippen molar-refractivity contribution in [1.29, 1.82) is 0 Å². The molecular weight excluding hydrogens is 412 g/mol. The van der Waals surface area contributed by atoms with Crippen molar-refractivity contribution in [2.45, 2.75) is 16.7 Å². The molecule has 2 amide bonds. The fraction of sp³-hybridized carbons (Fsp3) is 0.312. The number of amides is 2. The molecule has 0 aromatic heterocycles. The number of β-lactam (4-membered cyclic amide) rings is 1. The highest BCUT2D eigenvalue weighted by Crippen LogP contribution is 2.40. The lowest BCUT2D eigenvalue weighted by Crippen LogP contribution is -2.71. The van der Waals surface area contributed by atoms with Crippen molar-refractivity contribution in [3.63, 3.8) is 0 Å². The number of benzene rings is 1. The minimum Gasteiger partial charge on any atom is -0.477 e. The summed E-state index contributed by atoms with van der Waals surface area (Å²) >= 11 is 1.13. The van der Waals surface area contributed by atoms with Crippen molar-refractivity contribution in [1.82, 2.24) is 10.2 Å². The van der Waals surface area contributed by atoms with Gasteiger partial charge in [-0.3, -0.25) is 19.0 Å². The summed E-state index contributed by atoms with van der Waals surface area (Å²) in [6.07, 6.45) is 0. The minimum absolute atomic E-state index is 0.0242. The maximum atomic E-state index is 12.6. The van der Waals surface area contributed by atoms with Crippen LogP contribution in [0.25, 0.3) is 0 Å². The van der Waals surface area contributed by atoms with Crippen LogP contribution in [-0.2, 0) is 24.5 Å². The molecule has 3 atom stereocenters. The van der Waals surface area contributed by atoms with Crippen molar-refractivity contribution in [3.8, 4) is 0 Å². The zero-order chi connectivity index (χ0) is 20.6. The smallest absolute Gasteiger partial charge is 0.352 e. The molecule has 1 fully saturated rings. The van der Waals surface area contributed by atoms with Gasteiger partial charge >= 0.3 is 5.97 Å². The Hall–Kier alpha value is -2.41. The fourth-order valence-electron chi connectivity index (χ4n) is 3.12. The number of fused-ring (bicyclic) bond motifs is 1. The number of rotatable bonds is 6. The Balaban J connectivity index is 1.83. The third-order valence-corrected chi connectivity index (χ3v) is 6.80. The van der Waals surface area contributed by atoms with E-state index in [0.717, 1.165) is 16.7 Å². The normalized spacial score (nSPS) is 22.9. The van der Waals surface area contributed by atoms with Crippen molar-refractivity contribution in [2.24, 2.45) is 0 Å². The third kappa shape index (κ3) is 3.51. The third-order valence-electron chi connectivity index (χ3n) is 4.38. The molecule has 150 valence electrons. The maximum absolute atomic E-state index is 12.6. The van der Waals surface area contributed by atoms with Crippen LogP contribution in [0, 0.1) is 0 Å². The lowest BCUT2D eigenvalue weighted by Gasteiger charge is -2.49. The fourth-order valence-corrected chi connectivity index (χ4v) is 5.30. The summed E-state index contributed by atoms with van der Waals surface area (Å²) in [5.74, 6) is -3.08. The molecule has 12 heteroatoms. The summed E-state index contributed by atoms with van der Waals surface area (Å²) in [4.78, 5) is 37.4. The van der Waals surface area contributed by atoms with Crippen LogP contribution >= 0.6 is 11.8 Å². The molecule has 1 saturated heterocycles. The van der Waals surface area contributed by atoms with Gasteiger partial charge in [-0.05, 0) is 11.1 Å². The highest BCUT2D eigenvalue weighted by molar-refractivity contribution is 8.00. The van der Waals surface area contributed by atoms with Gasteiger partial charge in [0.1, 0.15) is 17.1 Å². The van der Waals surface area contributed by atoms with E-state index in [9.17, 15) is 37.6 Å². The number of carboxylic acid groups (broad SMARTS) is 1. The summed E-state index contributed by atoms with van der Waals surface area (Å²) in [5, 5.41) is 18.2. The molecule has 28 heavy (non-hydrogen) atoms. The summed E-state index contributed by atoms with van der Waals surface area (Å²) in [5.41, 5.74) is -0.140. The number of aliphatic hydroxyl groups excluding tert-OH is 1. The van der Waals surface area contributed by atoms with Gasteiger partial charge in [-0.1, -0.05) is 30.3 Å². The molecule has 4 N–H and O–H groups in total. The Morgan fingerprint density at radius 1 is 1.29 bits per heavy atom. The Bertz CT molecular complexity index is 960. The van der Waals surface area contributed by atoms with E-state index in [-0.39, 0.29) is 22.6 Å². The minimum atomic E-state index is -4.81. The zero-order valence-electron chi connectivity index (χ0n) is 14.2. The first-order valence-electron chi connectivity index (χ1n) is 7.99. The van der Waals surface area contributed by atoms with E-state index < -0.39 is 51.2 Å². The summed E-state index contributed by atoms with van der Waals surface area (Å²) < 4.78 is 32.9. The van der Waals surface area contributed by atoms with Gasteiger partial charge in [-0.15, -0.1) is 11.8 Å². The van der Waals surface area contributed by atoms with Crippen molar-refractivity contribution < 1.29 is 37.6 Å².